The summed E-state index contributed by atoms with van der Waals surface area (Å²) < 4.78 is 10.8. The van der Waals surface area contributed by atoms with Crippen molar-refractivity contribution in [3.05, 3.63) is 23.8 Å². The van der Waals surface area contributed by atoms with Gasteiger partial charge in [0.05, 0.1) is 12.7 Å². The van der Waals surface area contributed by atoms with Crippen molar-refractivity contribution in [3.8, 4) is 5.75 Å². The van der Waals surface area contributed by atoms with E-state index < -0.39 is 7.12 Å². The zero-order valence-electron chi connectivity index (χ0n) is 13.0. The topological polar surface area (TPSA) is 62.2 Å². The van der Waals surface area contributed by atoms with Gasteiger partial charge in [-0.3, -0.25) is 4.90 Å². The van der Waals surface area contributed by atoms with Crippen LogP contribution >= 0.6 is 0 Å². The Hall–Kier alpha value is -1.08. The quantitative estimate of drug-likeness (QED) is 0.768. The van der Waals surface area contributed by atoms with Gasteiger partial charge in [0.1, 0.15) is 5.75 Å². The highest BCUT2D eigenvalue weighted by molar-refractivity contribution is 6.59. The molecule has 2 N–H and O–H groups in total. The van der Waals surface area contributed by atoms with Gasteiger partial charge in [-0.15, -0.1) is 0 Å². The Balaban J connectivity index is 2.17. The maximum atomic E-state index is 9.52. The molecule has 0 aliphatic carbocycles. The summed E-state index contributed by atoms with van der Waals surface area (Å²) in [5.74, 6) is 0.723. The Kier molecular flexibility index (Phi) is 5.27. The van der Waals surface area contributed by atoms with Crippen LogP contribution in [-0.2, 0) is 11.3 Å². The van der Waals surface area contributed by atoms with Crippen molar-refractivity contribution in [3.63, 3.8) is 0 Å². The number of methoxy groups -OCH3 is 2. The van der Waals surface area contributed by atoms with Gasteiger partial charge in [0.2, 0.25) is 0 Å². The Morgan fingerprint density at radius 2 is 2.10 bits per heavy atom. The molecule has 0 spiro atoms. The van der Waals surface area contributed by atoms with Crippen molar-refractivity contribution in [2.45, 2.75) is 31.9 Å². The first-order valence-corrected chi connectivity index (χ1v) is 7.28. The lowest BCUT2D eigenvalue weighted by molar-refractivity contribution is -0.0526. The van der Waals surface area contributed by atoms with Crippen LogP contribution in [0.5, 0.6) is 5.75 Å². The fraction of sp³-hybridized carbons (Fsp3) is 0.600. The molecule has 0 bridgehead atoms. The van der Waals surface area contributed by atoms with Crippen LogP contribution in [0.25, 0.3) is 0 Å². The van der Waals surface area contributed by atoms with Gasteiger partial charge >= 0.3 is 7.12 Å². The molecular formula is C15H24BNO4. The molecule has 0 radical (unpaired) electrons. The lowest BCUT2D eigenvalue weighted by Gasteiger charge is -2.39. The molecule has 0 saturated carbocycles. The average molecular weight is 293 g/mol. The van der Waals surface area contributed by atoms with Gasteiger partial charge in [0.25, 0.3) is 0 Å². The van der Waals surface area contributed by atoms with Crippen LogP contribution in [0.2, 0.25) is 0 Å². The smallest absolute Gasteiger partial charge is 0.488 e. The van der Waals surface area contributed by atoms with E-state index >= 15 is 0 Å². The number of hydrogen-bond donors (Lipinski definition) is 2. The maximum absolute atomic E-state index is 9.52. The molecule has 5 nitrogen and oxygen atoms in total. The van der Waals surface area contributed by atoms with Crippen LogP contribution in [0.1, 0.15) is 25.3 Å². The zero-order chi connectivity index (χ0) is 15.5. The van der Waals surface area contributed by atoms with E-state index in [4.69, 9.17) is 9.47 Å². The van der Waals surface area contributed by atoms with Crippen molar-refractivity contribution in [1.82, 2.24) is 4.90 Å². The third kappa shape index (κ3) is 3.98. The highest BCUT2D eigenvalue weighted by Gasteiger charge is 2.31. The Morgan fingerprint density at radius 1 is 1.33 bits per heavy atom. The van der Waals surface area contributed by atoms with E-state index in [1.165, 1.54) is 0 Å². The lowest BCUT2D eigenvalue weighted by Crippen LogP contribution is -2.47. The molecule has 2 rings (SSSR count). The average Bonchev–Trinajstić information content (AvgIpc) is 2.47. The minimum atomic E-state index is -1.47. The predicted molar refractivity (Wildman–Crippen MR) is 82.7 cm³/mol. The highest BCUT2D eigenvalue weighted by atomic mass is 16.5. The van der Waals surface area contributed by atoms with Gasteiger partial charge in [0.15, 0.2) is 0 Å². The molecule has 21 heavy (non-hydrogen) atoms. The molecule has 1 heterocycles. The van der Waals surface area contributed by atoms with E-state index in [9.17, 15) is 10.0 Å². The van der Waals surface area contributed by atoms with Crippen molar-refractivity contribution in [1.29, 1.82) is 0 Å². The number of nitrogens with zero attached hydrogens (tertiary/aromatic N) is 1. The second-order valence-electron chi connectivity index (χ2n) is 5.91. The minimum Gasteiger partial charge on any atom is -0.497 e. The molecule has 1 aromatic carbocycles. The van der Waals surface area contributed by atoms with Crippen molar-refractivity contribution >= 4 is 12.6 Å². The third-order valence-electron chi connectivity index (χ3n) is 4.25. The second-order valence-corrected chi connectivity index (χ2v) is 5.91. The normalized spacial score (nSPS) is 23.1. The monoisotopic (exact) mass is 293 g/mol. The second kappa shape index (κ2) is 6.79. The summed E-state index contributed by atoms with van der Waals surface area (Å²) in [6.45, 7) is 4.59. The third-order valence-corrected chi connectivity index (χ3v) is 4.25. The molecule has 0 amide bonds. The van der Waals surface area contributed by atoms with Crippen molar-refractivity contribution < 1.29 is 19.5 Å². The van der Waals surface area contributed by atoms with Crippen molar-refractivity contribution in [2.75, 3.05) is 27.3 Å². The molecule has 1 aliphatic heterocycles. The van der Waals surface area contributed by atoms with E-state index in [-0.39, 0.29) is 5.60 Å². The van der Waals surface area contributed by atoms with E-state index in [1.807, 2.05) is 6.07 Å². The standard InChI is InChI=1S/C15H24BNO4/c1-15(21-3)7-4-8-17(11-15)10-12-9-13(20-2)5-6-14(12)16(18)19/h5-6,9,18-19H,4,7-8,10-11H2,1-3H3. The molecule has 1 aliphatic rings. The Labute approximate surface area is 126 Å². The SMILES string of the molecule is COc1ccc(B(O)O)c(CN2CCCC(C)(OC)C2)c1. The van der Waals surface area contributed by atoms with Crippen LogP contribution in [0.15, 0.2) is 18.2 Å². The molecule has 1 aromatic rings. The van der Waals surface area contributed by atoms with Gasteiger partial charge in [-0.1, -0.05) is 6.07 Å². The number of hydrogen-bond acceptors (Lipinski definition) is 5. The molecule has 1 fully saturated rings. The van der Waals surface area contributed by atoms with Gasteiger partial charge in [-0.2, -0.15) is 0 Å². The summed E-state index contributed by atoms with van der Waals surface area (Å²) >= 11 is 0. The van der Waals surface area contributed by atoms with Crippen LogP contribution in [0, 0.1) is 0 Å². The molecule has 1 saturated heterocycles. The predicted octanol–water partition coefficient (Wildman–Crippen LogP) is 0.376. The van der Waals surface area contributed by atoms with Gasteiger partial charge in [-0.05, 0) is 49.5 Å². The largest absolute Gasteiger partial charge is 0.497 e. The number of ether oxygens (including phenoxy) is 2. The van der Waals surface area contributed by atoms with Crippen LogP contribution in [-0.4, -0.2) is 55.0 Å². The number of likely N-dealkylation sites (tertiary alicyclic amines) is 1. The summed E-state index contributed by atoms with van der Waals surface area (Å²) in [6.07, 6.45) is 2.12. The summed E-state index contributed by atoms with van der Waals surface area (Å²) in [5, 5.41) is 19.0. The molecule has 6 heteroatoms. The van der Waals surface area contributed by atoms with Gasteiger partial charge in [0, 0.05) is 20.2 Å². The van der Waals surface area contributed by atoms with Crippen LogP contribution < -0.4 is 10.2 Å². The molecule has 1 unspecified atom stereocenters. The highest BCUT2D eigenvalue weighted by Crippen LogP contribution is 2.25. The van der Waals surface area contributed by atoms with E-state index in [0.29, 0.717) is 12.0 Å². The van der Waals surface area contributed by atoms with E-state index in [2.05, 4.69) is 11.8 Å². The zero-order valence-corrected chi connectivity index (χ0v) is 13.0. The Bertz CT molecular complexity index is 483. The maximum Gasteiger partial charge on any atom is 0.488 e. The number of benzene rings is 1. The lowest BCUT2D eigenvalue weighted by atomic mass is 9.76. The first-order chi connectivity index (χ1) is 9.97. The van der Waals surface area contributed by atoms with Crippen LogP contribution in [0.3, 0.4) is 0 Å². The first kappa shape index (κ1) is 16.3. The van der Waals surface area contributed by atoms with Crippen molar-refractivity contribution in [2.24, 2.45) is 0 Å². The van der Waals surface area contributed by atoms with Gasteiger partial charge < -0.3 is 19.5 Å². The fourth-order valence-corrected chi connectivity index (χ4v) is 2.95. The summed E-state index contributed by atoms with van der Waals surface area (Å²) in [7, 11) is 1.89. The number of rotatable bonds is 5. The van der Waals surface area contributed by atoms with E-state index in [0.717, 1.165) is 37.2 Å². The van der Waals surface area contributed by atoms with E-state index in [1.54, 1.807) is 26.4 Å². The number of piperidine rings is 1. The fourth-order valence-electron chi connectivity index (χ4n) is 2.95. The summed E-state index contributed by atoms with van der Waals surface area (Å²) in [5.41, 5.74) is 1.28. The van der Waals surface area contributed by atoms with Gasteiger partial charge in [-0.25, -0.2) is 0 Å². The molecule has 116 valence electrons. The molecule has 0 aromatic heterocycles. The minimum absolute atomic E-state index is 0.130. The Morgan fingerprint density at radius 3 is 2.71 bits per heavy atom. The first-order valence-electron chi connectivity index (χ1n) is 7.28. The molecule has 1 atom stereocenters. The summed E-state index contributed by atoms with van der Waals surface area (Å²) in [6, 6.07) is 5.32. The van der Waals surface area contributed by atoms with Crippen LogP contribution in [0.4, 0.5) is 0 Å². The summed E-state index contributed by atoms with van der Waals surface area (Å²) in [4.78, 5) is 2.29. The molecular weight excluding hydrogens is 269 g/mol.